The van der Waals surface area contributed by atoms with Crippen LogP contribution in [0.15, 0.2) is 30.5 Å². The summed E-state index contributed by atoms with van der Waals surface area (Å²) in [5, 5.41) is 0. The van der Waals surface area contributed by atoms with Gasteiger partial charge in [-0.2, -0.15) is 0 Å². The van der Waals surface area contributed by atoms with Gasteiger partial charge < -0.3 is 0 Å². The number of hydrogen-bond acceptors (Lipinski definition) is 1. The first-order valence-corrected chi connectivity index (χ1v) is 6.49. The largest absolute Gasteiger partial charge is 0.257 e. The van der Waals surface area contributed by atoms with E-state index in [1.54, 1.807) is 0 Å². The van der Waals surface area contributed by atoms with Crippen molar-refractivity contribution in [1.82, 2.24) is 4.98 Å². The quantitative estimate of drug-likeness (QED) is 0.667. The number of aromatic nitrogens is 1. The molecule has 0 saturated heterocycles. The van der Waals surface area contributed by atoms with Gasteiger partial charge in [-0.3, -0.25) is 4.98 Å². The molecule has 0 aromatic carbocycles. The lowest BCUT2D eigenvalue weighted by atomic mass is 10.0. The fourth-order valence-electron chi connectivity index (χ4n) is 1.46. The lowest BCUT2D eigenvalue weighted by molar-refractivity contribution is 1.07. The third-order valence-electron chi connectivity index (χ3n) is 2.67. The van der Waals surface area contributed by atoms with Gasteiger partial charge in [-0.1, -0.05) is 45.9 Å². The first kappa shape index (κ1) is 15.6. The number of aryl methyl sites for hydroxylation is 1. The van der Waals surface area contributed by atoms with Gasteiger partial charge in [-0.05, 0) is 43.0 Å². The second kappa shape index (κ2) is 8.74. The first-order valence-electron chi connectivity index (χ1n) is 6.49. The van der Waals surface area contributed by atoms with Crippen molar-refractivity contribution in [2.75, 3.05) is 0 Å². The molecule has 1 heterocycles. The molecule has 0 spiro atoms. The molecule has 1 aromatic heterocycles. The minimum atomic E-state index is 0.989. The van der Waals surface area contributed by atoms with Crippen molar-refractivity contribution in [3.63, 3.8) is 0 Å². The highest BCUT2D eigenvalue weighted by Gasteiger charge is 2.00. The van der Waals surface area contributed by atoms with E-state index < -0.39 is 0 Å². The van der Waals surface area contributed by atoms with Crippen LogP contribution >= 0.6 is 0 Å². The van der Waals surface area contributed by atoms with Gasteiger partial charge in [0.15, 0.2) is 0 Å². The van der Waals surface area contributed by atoms with Crippen molar-refractivity contribution in [3.05, 3.63) is 47.3 Å². The van der Waals surface area contributed by atoms with Crippen molar-refractivity contribution in [3.8, 4) is 0 Å². The Bertz CT molecular complexity index is 375. The Kier molecular flexibility index (Phi) is 8.04. The Morgan fingerprint density at radius 2 is 2.00 bits per heavy atom. The van der Waals surface area contributed by atoms with Gasteiger partial charge in [-0.25, -0.2) is 0 Å². The third kappa shape index (κ3) is 4.99. The molecule has 0 N–H and O–H groups in total. The topological polar surface area (TPSA) is 12.9 Å². The van der Waals surface area contributed by atoms with Crippen LogP contribution in [0.1, 0.15) is 50.9 Å². The monoisotopic (exact) mass is 231 g/mol. The van der Waals surface area contributed by atoms with Gasteiger partial charge >= 0.3 is 0 Å². The van der Waals surface area contributed by atoms with E-state index in [9.17, 15) is 0 Å². The van der Waals surface area contributed by atoms with Gasteiger partial charge in [0.2, 0.25) is 0 Å². The summed E-state index contributed by atoms with van der Waals surface area (Å²) in [5.41, 5.74) is 4.84. The molecule has 0 saturated carbocycles. The number of pyridine rings is 1. The van der Waals surface area contributed by atoms with E-state index in [0.717, 1.165) is 24.1 Å². The minimum Gasteiger partial charge on any atom is -0.257 e. The molecule has 0 atom stereocenters. The zero-order valence-corrected chi connectivity index (χ0v) is 11.9. The fourth-order valence-corrected chi connectivity index (χ4v) is 1.46. The molecule has 0 aliphatic heterocycles. The maximum absolute atomic E-state index is 4.37. The van der Waals surface area contributed by atoms with E-state index in [1.807, 2.05) is 20.0 Å². The second-order valence-electron chi connectivity index (χ2n) is 3.68. The molecule has 94 valence electrons. The molecule has 0 fully saturated rings. The average Bonchev–Trinajstić information content (AvgIpc) is 2.39. The van der Waals surface area contributed by atoms with Gasteiger partial charge in [0.25, 0.3) is 0 Å². The molecular formula is C16H25N. The van der Waals surface area contributed by atoms with Gasteiger partial charge in [-0.15, -0.1) is 0 Å². The molecular weight excluding hydrogens is 206 g/mol. The second-order valence-corrected chi connectivity index (χ2v) is 3.68. The Morgan fingerprint density at radius 3 is 2.53 bits per heavy atom. The number of rotatable bonds is 4. The maximum Gasteiger partial charge on any atom is 0.0661 e. The minimum absolute atomic E-state index is 0.989. The first-order chi connectivity index (χ1) is 8.19. The normalized spacial score (nSPS) is 9.94. The molecule has 1 aromatic rings. The van der Waals surface area contributed by atoms with Crippen molar-refractivity contribution in [1.29, 1.82) is 0 Å². The van der Waals surface area contributed by atoms with Gasteiger partial charge in [0.05, 0.1) is 5.69 Å². The maximum atomic E-state index is 4.37. The highest BCUT2D eigenvalue weighted by molar-refractivity contribution is 5.53. The summed E-state index contributed by atoms with van der Waals surface area (Å²) in [7, 11) is 0. The SMILES string of the molecule is C=C(/C=C\c1nccc(CC)c1C)CC.CC. The van der Waals surface area contributed by atoms with Crippen molar-refractivity contribution >= 4 is 6.08 Å². The average molecular weight is 231 g/mol. The van der Waals surface area contributed by atoms with E-state index in [0.29, 0.717) is 0 Å². The van der Waals surface area contributed by atoms with Crippen molar-refractivity contribution in [2.24, 2.45) is 0 Å². The molecule has 1 nitrogen and oxygen atoms in total. The van der Waals surface area contributed by atoms with E-state index in [2.05, 4.69) is 50.6 Å². The molecule has 0 radical (unpaired) electrons. The molecule has 0 amide bonds. The Morgan fingerprint density at radius 1 is 1.35 bits per heavy atom. The van der Waals surface area contributed by atoms with E-state index >= 15 is 0 Å². The van der Waals surface area contributed by atoms with Crippen LogP contribution in [0, 0.1) is 6.92 Å². The highest BCUT2D eigenvalue weighted by atomic mass is 14.7. The third-order valence-corrected chi connectivity index (χ3v) is 2.67. The molecule has 0 aliphatic rings. The Balaban J connectivity index is 0.00000121. The van der Waals surface area contributed by atoms with Crippen molar-refractivity contribution < 1.29 is 0 Å². The molecule has 0 aliphatic carbocycles. The molecule has 0 unspecified atom stereocenters. The van der Waals surface area contributed by atoms with Crippen LogP contribution in [0.2, 0.25) is 0 Å². The molecule has 0 bridgehead atoms. The standard InChI is InChI=1S/C14H19N.C2H6/c1-5-11(3)7-8-14-12(4)13(6-2)9-10-15-14;1-2/h7-10H,3,5-6H2,1-2,4H3;1-2H3/b8-7-;. The van der Waals surface area contributed by atoms with E-state index in [-0.39, 0.29) is 0 Å². The van der Waals surface area contributed by atoms with Gasteiger partial charge in [0, 0.05) is 6.20 Å². The fraction of sp³-hybridized carbons (Fsp3) is 0.438. The van der Waals surface area contributed by atoms with Crippen LogP contribution in [0.5, 0.6) is 0 Å². The van der Waals surface area contributed by atoms with Gasteiger partial charge in [0.1, 0.15) is 0 Å². The summed E-state index contributed by atoms with van der Waals surface area (Å²) in [6.45, 7) is 14.3. The molecule has 17 heavy (non-hydrogen) atoms. The van der Waals surface area contributed by atoms with Crippen LogP contribution in [0.3, 0.4) is 0 Å². The molecule has 1 heteroatoms. The van der Waals surface area contributed by atoms with Crippen LogP contribution in [-0.4, -0.2) is 4.98 Å². The van der Waals surface area contributed by atoms with E-state index in [1.165, 1.54) is 11.1 Å². The zero-order valence-electron chi connectivity index (χ0n) is 11.9. The van der Waals surface area contributed by atoms with Crippen molar-refractivity contribution in [2.45, 2.75) is 47.5 Å². The summed E-state index contributed by atoms with van der Waals surface area (Å²) in [6.07, 6.45) is 8.03. The summed E-state index contributed by atoms with van der Waals surface area (Å²) in [5.74, 6) is 0. The predicted octanol–water partition coefficient (Wildman–Crippen LogP) is 4.96. The van der Waals surface area contributed by atoms with Crippen LogP contribution in [0.4, 0.5) is 0 Å². The molecule has 1 rings (SSSR count). The number of nitrogens with zero attached hydrogens (tertiary/aromatic N) is 1. The van der Waals surface area contributed by atoms with Crippen LogP contribution in [0.25, 0.3) is 6.08 Å². The number of hydrogen-bond donors (Lipinski definition) is 0. The summed E-state index contributed by atoms with van der Waals surface area (Å²) < 4.78 is 0. The summed E-state index contributed by atoms with van der Waals surface area (Å²) >= 11 is 0. The summed E-state index contributed by atoms with van der Waals surface area (Å²) in [6, 6.07) is 2.08. The highest BCUT2D eigenvalue weighted by Crippen LogP contribution is 2.14. The van der Waals surface area contributed by atoms with E-state index in [4.69, 9.17) is 0 Å². The summed E-state index contributed by atoms with van der Waals surface area (Å²) in [4.78, 5) is 4.37. The Hall–Kier alpha value is -1.37. The lowest BCUT2D eigenvalue weighted by Crippen LogP contribution is -1.92. The number of allylic oxidation sites excluding steroid dienone is 2. The Labute approximate surface area is 106 Å². The zero-order chi connectivity index (χ0) is 13.3. The van der Waals surface area contributed by atoms with Crippen LogP contribution in [-0.2, 0) is 6.42 Å². The smallest absolute Gasteiger partial charge is 0.0661 e. The van der Waals surface area contributed by atoms with Crippen LogP contribution < -0.4 is 0 Å². The predicted molar refractivity (Wildman–Crippen MR) is 78.2 cm³/mol. The lowest BCUT2D eigenvalue weighted by Gasteiger charge is -2.05.